The zero-order valence-electron chi connectivity index (χ0n) is 12.2. The van der Waals surface area contributed by atoms with E-state index in [4.69, 9.17) is 11.6 Å². The van der Waals surface area contributed by atoms with Crippen LogP contribution < -0.4 is 5.32 Å². The fraction of sp³-hybridized carbons (Fsp3) is 0.0556. The third-order valence-corrected chi connectivity index (χ3v) is 3.64. The minimum Gasteiger partial charge on any atom is -0.340 e. The molecule has 4 nitrogen and oxygen atoms in total. The second kappa shape index (κ2) is 7.03. The first kappa shape index (κ1) is 15.2. The molecule has 1 amide bonds. The van der Waals surface area contributed by atoms with Crippen LogP contribution in [0.25, 0.3) is 0 Å². The number of pyridine rings is 2. The second-order valence-corrected chi connectivity index (χ2v) is 5.39. The molecule has 5 heteroatoms. The monoisotopic (exact) mass is 323 g/mol. The molecule has 2 heterocycles. The van der Waals surface area contributed by atoms with Crippen molar-refractivity contribution in [3.63, 3.8) is 0 Å². The standard InChI is InChI=1S/C18H14ClN3O/c19-15-8-11-21-16(12-15)18(23)22-17(13-4-2-1-3-5-13)14-6-9-20-10-7-14/h1-12,17H,(H,22,23). The SMILES string of the molecule is O=C(NC(c1ccccc1)c1ccncc1)c1cc(Cl)ccn1. The van der Waals surface area contributed by atoms with Crippen LogP contribution in [0.3, 0.4) is 0 Å². The summed E-state index contributed by atoms with van der Waals surface area (Å²) in [4.78, 5) is 20.6. The Labute approximate surface area is 139 Å². The number of hydrogen-bond acceptors (Lipinski definition) is 3. The van der Waals surface area contributed by atoms with Crippen molar-refractivity contribution in [2.75, 3.05) is 0 Å². The van der Waals surface area contributed by atoms with Gasteiger partial charge in [0, 0.05) is 23.6 Å². The summed E-state index contributed by atoms with van der Waals surface area (Å²) in [6, 6.07) is 16.4. The maximum atomic E-state index is 12.5. The van der Waals surface area contributed by atoms with E-state index in [1.807, 2.05) is 42.5 Å². The molecule has 0 aliphatic heterocycles. The highest BCUT2D eigenvalue weighted by Gasteiger charge is 2.18. The highest BCUT2D eigenvalue weighted by molar-refractivity contribution is 6.30. The quantitative estimate of drug-likeness (QED) is 0.797. The van der Waals surface area contributed by atoms with Crippen LogP contribution in [0.1, 0.15) is 27.7 Å². The van der Waals surface area contributed by atoms with Gasteiger partial charge in [-0.3, -0.25) is 14.8 Å². The lowest BCUT2D eigenvalue weighted by Gasteiger charge is -2.19. The number of halogens is 1. The summed E-state index contributed by atoms with van der Waals surface area (Å²) in [6.45, 7) is 0. The molecule has 1 N–H and O–H groups in total. The van der Waals surface area contributed by atoms with Crippen LogP contribution in [0, 0.1) is 0 Å². The third kappa shape index (κ3) is 3.73. The Balaban J connectivity index is 1.92. The molecular formula is C18H14ClN3O. The van der Waals surface area contributed by atoms with Crippen LogP contribution >= 0.6 is 11.6 Å². The molecule has 0 aliphatic rings. The Morgan fingerprint density at radius 1 is 0.957 bits per heavy atom. The predicted molar refractivity (Wildman–Crippen MR) is 89.2 cm³/mol. The largest absolute Gasteiger partial charge is 0.340 e. The van der Waals surface area contributed by atoms with E-state index in [1.165, 1.54) is 6.20 Å². The smallest absolute Gasteiger partial charge is 0.270 e. The number of carbonyl (C=O) groups excluding carboxylic acids is 1. The molecule has 0 bridgehead atoms. The number of nitrogens with one attached hydrogen (secondary N) is 1. The number of benzene rings is 1. The lowest BCUT2D eigenvalue weighted by atomic mass is 9.99. The van der Waals surface area contributed by atoms with Gasteiger partial charge < -0.3 is 5.32 Å². The van der Waals surface area contributed by atoms with E-state index in [9.17, 15) is 4.79 Å². The molecule has 1 atom stereocenters. The van der Waals surface area contributed by atoms with E-state index in [0.717, 1.165) is 11.1 Å². The van der Waals surface area contributed by atoms with Crippen molar-refractivity contribution < 1.29 is 4.79 Å². The maximum Gasteiger partial charge on any atom is 0.270 e. The summed E-state index contributed by atoms with van der Waals surface area (Å²) in [5.74, 6) is -0.279. The van der Waals surface area contributed by atoms with Gasteiger partial charge in [-0.2, -0.15) is 0 Å². The highest BCUT2D eigenvalue weighted by atomic mass is 35.5. The average molecular weight is 324 g/mol. The summed E-state index contributed by atoms with van der Waals surface area (Å²) in [6.07, 6.45) is 4.92. The Bertz CT molecular complexity index is 754. The van der Waals surface area contributed by atoms with Crippen LogP contribution in [0.5, 0.6) is 0 Å². The van der Waals surface area contributed by atoms with Crippen molar-refractivity contribution in [3.8, 4) is 0 Å². The molecule has 0 aliphatic carbocycles. The van der Waals surface area contributed by atoms with Crippen molar-refractivity contribution in [2.45, 2.75) is 6.04 Å². The van der Waals surface area contributed by atoms with E-state index >= 15 is 0 Å². The number of amides is 1. The fourth-order valence-electron chi connectivity index (χ4n) is 2.29. The van der Waals surface area contributed by atoms with E-state index in [2.05, 4.69) is 15.3 Å². The number of aromatic nitrogens is 2. The zero-order valence-corrected chi connectivity index (χ0v) is 12.9. The van der Waals surface area contributed by atoms with Crippen LogP contribution in [0.2, 0.25) is 5.02 Å². The molecule has 1 unspecified atom stereocenters. The molecule has 0 saturated carbocycles. The second-order valence-electron chi connectivity index (χ2n) is 4.96. The summed E-state index contributed by atoms with van der Waals surface area (Å²) in [5, 5.41) is 3.48. The highest BCUT2D eigenvalue weighted by Crippen LogP contribution is 2.22. The zero-order chi connectivity index (χ0) is 16.1. The van der Waals surface area contributed by atoms with E-state index in [-0.39, 0.29) is 17.6 Å². The third-order valence-electron chi connectivity index (χ3n) is 3.40. The first-order valence-corrected chi connectivity index (χ1v) is 7.49. The van der Waals surface area contributed by atoms with Gasteiger partial charge in [-0.1, -0.05) is 41.9 Å². The molecule has 1 aromatic carbocycles. The average Bonchev–Trinajstić information content (AvgIpc) is 2.61. The Morgan fingerprint density at radius 3 is 2.35 bits per heavy atom. The van der Waals surface area contributed by atoms with E-state index < -0.39 is 0 Å². The summed E-state index contributed by atoms with van der Waals surface area (Å²) >= 11 is 5.93. The van der Waals surface area contributed by atoms with Gasteiger partial charge in [0.25, 0.3) is 5.91 Å². The van der Waals surface area contributed by atoms with Crippen molar-refractivity contribution in [1.29, 1.82) is 0 Å². The normalized spacial score (nSPS) is 11.7. The van der Waals surface area contributed by atoms with Gasteiger partial charge in [-0.25, -0.2) is 0 Å². The van der Waals surface area contributed by atoms with E-state index in [1.54, 1.807) is 24.5 Å². The molecule has 3 aromatic rings. The van der Waals surface area contributed by atoms with Gasteiger partial charge in [-0.05, 0) is 35.4 Å². The lowest BCUT2D eigenvalue weighted by molar-refractivity contribution is 0.0938. The van der Waals surface area contributed by atoms with Crippen molar-refractivity contribution in [2.24, 2.45) is 0 Å². The van der Waals surface area contributed by atoms with Crippen LogP contribution in [0.4, 0.5) is 0 Å². The molecular weight excluding hydrogens is 310 g/mol. The summed E-state index contributed by atoms with van der Waals surface area (Å²) < 4.78 is 0. The number of nitrogens with zero attached hydrogens (tertiary/aromatic N) is 2. The Hall–Kier alpha value is -2.72. The molecule has 0 spiro atoms. The first-order chi connectivity index (χ1) is 11.2. The number of hydrogen-bond donors (Lipinski definition) is 1. The molecule has 3 rings (SSSR count). The number of carbonyl (C=O) groups is 1. The first-order valence-electron chi connectivity index (χ1n) is 7.11. The Kier molecular flexibility index (Phi) is 4.64. The fourth-order valence-corrected chi connectivity index (χ4v) is 2.45. The van der Waals surface area contributed by atoms with Crippen molar-refractivity contribution in [1.82, 2.24) is 15.3 Å². The Morgan fingerprint density at radius 2 is 1.65 bits per heavy atom. The molecule has 0 radical (unpaired) electrons. The maximum absolute atomic E-state index is 12.5. The van der Waals surface area contributed by atoms with Crippen LogP contribution in [-0.4, -0.2) is 15.9 Å². The van der Waals surface area contributed by atoms with Gasteiger partial charge in [0.2, 0.25) is 0 Å². The van der Waals surface area contributed by atoms with Gasteiger partial charge >= 0.3 is 0 Å². The van der Waals surface area contributed by atoms with Gasteiger partial charge in [0.05, 0.1) is 6.04 Å². The molecule has 23 heavy (non-hydrogen) atoms. The van der Waals surface area contributed by atoms with Crippen molar-refractivity contribution >= 4 is 17.5 Å². The lowest BCUT2D eigenvalue weighted by Crippen LogP contribution is -2.30. The molecule has 0 fully saturated rings. The molecule has 2 aromatic heterocycles. The summed E-state index contributed by atoms with van der Waals surface area (Å²) in [7, 11) is 0. The van der Waals surface area contributed by atoms with Gasteiger partial charge in [-0.15, -0.1) is 0 Å². The van der Waals surface area contributed by atoms with Crippen LogP contribution in [0.15, 0.2) is 73.2 Å². The minimum atomic E-state index is -0.285. The van der Waals surface area contributed by atoms with Crippen LogP contribution in [-0.2, 0) is 0 Å². The molecule has 0 saturated heterocycles. The topological polar surface area (TPSA) is 54.9 Å². The van der Waals surface area contributed by atoms with Gasteiger partial charge in [0.1, 0.15) is 5.69 Å². The molecule has 114 valence electrons. The van der Waals surface area contributed by atoms with E-state index in [0.29, 0.717) is 5.02 Å². The summed E-state index contributed by atoms with van der Waals surface area (Å²) in [5.41, 5.74) is 2.21. The predicted octanol–water partition coefficient (Wildman–Crippen LogP) is 3.65. The van der Waals surface area contributed by atoms with Crippen molar-refractivity contribution in [3.05, 3.63) is 95.0 Å². The van der Waals surface area contributed by atoms with Gasteiger partial charge in [0.15, 0.2) is 0 Å². The number of rotatable bonds is 4. The minimum absolute atomic E-state index is 0.279.